The summed E-state index contributed by atoms with van der Waals surface area (Å²) in [6.07, 6.45) is 0. The van der Waals surface area contributed by atoms with E-state index in [1.807, 2.05) is 0 Å². The fourth-order valence-corrected chi connectivity index (χ4v) is 1.34. The fourth-order valence-electron chi connectivity index (χ4n) is 1.34. The van der Waals surface area contributed by atoms with E-state index in [1.54, 1.807) is 19.2 Å². The van der Waals surface area contributed by atoms with Gasteiger partial charge in [0.1, 0.15) is 5.82 Å². The number of fused-ring (bicyclic) bond motifs is 1. The van der Waals surface area contributed by atoms with E-state index in [0.29, 0.717) is 5.52 Å². The number of hydrogen-bond acceptors (Lipinski definition) is 1. The maximum absolute atomic E-state index is 12.8. The van der Waals surface area contributed by atoms with E-state index >= 15 is 0 Å². The number of nitrogens with zero attached hydrogens (tertiary/aromatic N) is 1. The molecule has 3 heteroatoms. The third kappa shape index (κ3) is 1.22. The number of aromatic nitrogens is 1. The second-order valence-electron chi connectivity index (χ2n) is 2.93. The van der Waals surface area contributed by atoms with Crippen LogP contribution in [0.4, 0.5) is 4.39 Å². The van der Waals surface area contributed by atoms with Crippen molar-refractivity contribution in [2.45, 2.75) is 0 Å². The van der Waals surface area contributed by atoms with E-state index in [-0.39, 0.29) is 11.4 Å². The maximum atomic E-state index is 12.8. The molecule has 0 fully saturated rings. The Kier molecular flexibility index (Phi) is 1.65. The van der Waals surface area contributed by atoms with Gasteiger partial charge in [-0.1, -0.05) is 0 Å². The number of benzene rings is 1. The minimum Gasteiger partial charge on any atom is -0.311 e. The molecule has 0 spiro atoms. The van der Waals surface area contributed by atoms with Crippen LogP contribution < -0.4 is 5.56 Å². The third-order valence-electron chi connectivity index (χ3n) is 2.09. The number of hydrogen-bond donors (Lipinski definition) is 0. The van der Waals surface area contributed by atoms with E-state index < -0.39 is 0 Å². The van der Waals surface area contributed by atoms with Gasteiger partial charge in [-0.25, -0.2) is 4.39 Å². The molecular formula is C10H8FNO. The summed E-state index contributed by atoms with van der Waals surface area (Å²) in [7, 11) is 1.63. The first-order valence-corrected chi connectivity index (χ1v) is 3.94. The number of halogens is 1. The van der Waals surface area contributed by atoms with Gasteiger partial charge in [0.2, 0.25) is 0 Å². The largest absolute Gasteiger partial charge is 0.311 e. The molecule has 0 aliphatic heterocycles. The van der Waals surface area contributed by atoms with Gasteiger partial charge in [-0.05, 0) is 29.7 Å². The van der Waals surface area contributed by atoms with Crippen LogP contribution in [-0.2, 0) is 7.05 Å². The normalized spacial score (nSPS) is 10.6. The van der Waals surface area contributed by atoms with Gasteiger partial charge in [0.15, 0.2) is 0 Å². The Morgan fingerprint density at radius 1 is 1.23 bits per heavy atom. The molecule has 0 radical (unpaired) electrons. The molecular weight excluding hydrogens is 169 g/mol. The average molecular weight is 177 g/mol. The second kappa shape index (κ2) is 2.69. The van der Waals surface area contributed by atoms with Crippen LogP contribution in [0, 0.1) is 5.82 Å². The smallest absolute Gasteiger partial charge is 0.250 e. The average Bonchev–Trinajstić information content (AvgIpc) is 2.12. The van der Waals surface area contributed by atoms with E-state index in [1.165, 1.54) is 22.8 Å². The summed E-state index contributed by atoms with van der Waals surface area (Å²) in [4.78, 5) is 11.2. The molecule has 1 aromatic heterocycles. The standard InChI is InChI=1S/C10H8FNO/c1-12-9-6-8(11)4-2-7(9)3-5-10(12)13/h2-6H,1H3. The van der Waals surface area contributed by atoms with Crippen molar-refractivity contribution in [2.24, 2.45) is 7.05 Å². The van der Waals surface area contributed by atoms with E-state index in [4.69, 9.17) is 0 Å². The Morgan fingerprint density at radius 2 is 1.92 bits per heavy atom. The lowest BCUT2D eigenvalue weighted by Crippen LogP contribution is -2.14. The Morgan fingerprint density at radius 3 is 2.69 bits per heavy atom. The van der Waals surface area contributed by atoms with Crippen molar-refractivity contribution in [1.29, 1.82) is 0 Å². The van der Waals surface area contributed by atoms with E-state index in [0.717, 1.165) is 5.39 Å². The minimum absolute atomic E-state index is 0.127. The molecule has 0 N–H and O–H groups in total. The van der Waals surface area contributed by atoms with Crippen LogP contribution in [0.5, 0.6) is 0 Å². The fraction of sp³-hybridized carbons (Fsp3) is 0.100. The molecule has 2 rings (SSSR count). The predicted molar refractivity (Wildman–Crippen MR) is 49.1 cm³/mol. The molecule has 1 aromatic carbocycles. The molecule has 0 saturated carbocycles. The molecule has 13 heavy (non-hydrogen) atoms. The zero-order chi connectivity index (χ0) is 9.42. The minimum atomic E-state index is -0.325. The summed E-state index contributed by atoms with van der Waals surface area (Å²) in [6, 6.07) is 7.56. The van der Waals surface area contributed by atoms with Crippen LogP contribution in [0.1, 0.15) is 0 Å². The van der Waals surface area contributed by atoms with Gasteiger partial charge in [0.05, 0.1) is 5.52 Å². The van der Waals surface area contributed by atoms with Gasteiger partial charge in [0, 0.05) is 13.1 Å². The topological polar surface area (TPSA) is 22.0 Å². The van der Waals surface area contributed by atoms with Gasteiger partial charge in [-0.15, -0.1) is 0 Å². The first kappa shape index (κ1) is 7.98. The Labute approximate surface area is 74.2 Å². The van der Waals surface area contributed by atoms with Gasteiger partial charge in [-0.3, -0.25) is 4.79 Å². The van der Waals surface area contributed by atoms with E-state index in [2.05, 4.69) is 0 Å². The molecule has 0 bridgehead atoms. The van der Waals surface area contributed by atoms with Gasteiger partial charge < -0.3 is 4.57 Å². The third-order valence-corrected chi connectivity index (χ3v) is 2.09. The number of rotatable bonds is 0. The highest BCUT2D eigenvalue weighted by Gasteiger charge is 1.99. The molecule has 0 amide bonds. The molecule has 0 aliphatic rings. The highest BCUT2D eigenvalue weighted by molar-refractivity contribution is 5.78. The SMILES string of the molecule is Cn1c(=O)ccc2ccc(F)cc21. The lowest BCUT2D eigenvalue weighted by molar-refractivity contribution is 0.628. The number of aryl methyl sites for hydroxylation is 1. The zero-order valence-electron chi connectivity index (χ0n) is 7.12. The van der Waals surface area contributed by atoms with Crippen LogP contribution in [0.25, 0.3) is 10.9 Å². The van der Waals surface area contributed by atoms with E-state index in [9.17, 15) is 9.18 Å². The summed E-state index contributed by atoms with van der Waals surface area (Å²) in [6.45, 7) is 0. The van der Waals surface area contributed by atoms with Crippen molar-refractivity contribution < 1.29 is 4.39 Å². The Hall–Kier alpha value is -1.64. The molecule has 0 saturated heterocycles. The summed E-state index contributed by atoms with van der Waals surface area (Å²) >= 11 is 0. The van der Waals surface area contributed by atoms with Crippen LogP contribution in [-0.4, -0.2) is 4.57 Å². The molecule has 2 aromatic rings. The van der Waals surface area contributed by atoms with Gasteiger partial charge in [0.25, 0.3) is 5.56 Å². The van der Waals surface area contributed by atoms with Crippen molar-refractivity contribution >= 4 is 10.9 Å². The molecule has 2 nitrogen and oxygen atoms in total. The Bertz CT molecular complexity index is 516. The summed E-state index contributed by atoms with van der Waals surface area (Å²) < 4.78 is 14.3. The molecule has 0 unspecified atom stereocenters. The maximum Gasteiger partial charge on any atom is 0.250 e. The van der Waals surface area contributed by atoms with Crippen LogP contribution in [0.3, 0.4) is 0 Å². The first-order valence-electron chi connectivity index (χ1n) is 3.94. The summed E-state index contributed by atoms with van der Waals surface area (Å²) in [5.74, 6) is -0.325. The quantitative estimate of drug-likeness (QED) is 0.600. The molecule has 1 heterocycles. The highest BCUT2D eigenvalue weighted by Crippen LogP contribution is 2.12. The van der Waals surface area contributed by atoms with Crippen molar-refractivity contribution in [3.05, 3.63) is 46.5 Å². The lowest BCUT2D eigenvalue weighted by atomic mass is 10.2. The lowest BCUT2D eigenvalue weighted by Gasteiger charge is -2.02. The molecule has 66 valence electrons. The first-order chi connectivity index (χ1) is 6.18. The summed E-state index contributed by atoms with van der Waals surface area (Å²) in [5.41, 5.74) is 0.491. The zero-order valence-corrected chi connectivity index (χ0v) is 7.12. The van der Waals surface area contributed by atoms with Crippen LogP contribution >= 0.6 is 0 Å². The monoisotopic (exact) mass is 177 g/mol. The van der Waals surface area contributed by atoms with Crippen molar-refractivity contribution in [3.63, 3.8) is 0 Å². The Balaban J connectivity index is 2.97. The summed E-state index contributed by atoms with van der Waals surface area (Å²) in [5, 5.41) is 0.864. The highest BCUT2D eigenvalue weighted by atomic mass is 19.1. The molecule has 0 aliphatic carbocycles. The van der Waals surface area contributed by atoms with Crippen LogP contribution in [0.15, 0.2) is 35.1 Å². The molecule has 0 atom stereocenters. The van der Waals surface area contributed by atoms with Crippen LogP contribution in [0.2, 0.25) is 0 Å². The number of pyridine rings is 1. The second-order valence-corrected chi connectivity index (χ2v) is 2.93. The van der Waals surface area contributed by atoms with Gasteiger partial charge >= 0.3 is 0 Å². The van der Waals surface area contributed by atoms with Crippen molar-refractivity contribution in [2.75, 3.05) is 0 Å². The van der Waals surface area contributed by atoms with Crippen molar-refractivity contribution in [1.82, 2.24) is 4.57 Å². The van der Waals surface area contributed by atoms with Gasteiger partial charge in [-0.2, -0.15) is 0 Å². The predicted octanol–water partition coefficient (Wildman–Crippen LogP) is 1.68. The van der Waals surface area contributed by atoms with Crippen molar-refractivity contribution in [3.8, 4) is 0 Å².